The molecule has 4 aromatic rings. The van der Waals surface area contributed by atoms with E-state index >= 15 is 0 Å². The van der Waals surface area contributed by atoms with Crippen molar-refractivity contribution in [2.24, 2.45) is 0 Å². The van der Waals surface area contributed by atoms with Crippen molar-refractivity contribution in [1.82, 2.24) is 18.9 Å². The summed E-state index contributed by atoms with van der Waals surface area (Å²) in [6.45, 7) is 2.33. The van der Waals surface area contributed by atoms with Gasteiger partial charge in [-0.1, -0.05) is 12.1 Å². The molecule has 3 aromatic heterocycles. The SMILES string of the molecule is CCn1cc(NC(=O)c2cnn(-c3ccccc3F)c2-n2cccc2)ccc1=O. The summed E-state index contributed by atoms with van der Waals surface area (Å²) in [4.78, 5) is 24.7. The summed E-state index contributed by atoms with van der Waals surface area (Å²) < 4.78 is 18.9. The number of anilines is 1. The summed E-state index contributed by atoms with van der Waals surface area (Å²) in [6.07, 6.45) is 6.48. The fraction of sp³-hybridized carbons (Fsp3) is 0.0952. The van der Waals surface area contributed by atoms with Gasteiger partial charge in [-0.05, 0) is 37.3 Å². The van der Waals surface area contributed by atoms with Gasteiger partial charge in [-0.3, -0.25) is 9.59 Å². The molecule has 3 heterocycles. The van der Waals surface area contributed by atoms with Crippen molar-refractivity contribution in [1.29, 1.82) is 0 Å². The number of para-hydroxylation sites is 1. The predicted octanol–water partition coefficient (Wildman–Crippen LogP) is 3.24. The highest BCUT2D eigenvalue weighted by Crippen LogP contribution is 2.22. The maximum Gasteiger partial charge on any atom is 0.261 e. The van der Waals surface area contributed by atoms with Gasteiger partial charge in [0.1, 0.15) is 17.1 Å². The van der Waals surface area contributed by atoms with Crippen molar-refractivity contribution >= 4 is 11.6 Å². The van der Waals surface area contributed by atoms with Gasteiger partial charge in [0, 0.05) is 31.2 Å². The molecule has 8 heteroatoms. The second kappa shape index (κ2) is 7.59. The van der Waals surface area contributed by atoms with Crippen LogP contribution in [-0.2, 0) is 6.54 Å². The third kappa shape index (κ3) is 3.47. The minimum Gasteiger partial charge on any atom is -0.320 e. The number of nitrogens with one attached hydrogen (secondary N) is 1. The van der Waals surface area contributed by atoms with Gasteiger partial charge in [0.15, 0.2) is 5.82 Å². The molecule has 0 bridgehead atoms. The highest BCUT2D eigenvalue weighted by Gasteiger charge is 2.21. The molecule has 0 saturated heterocycles. The van der Waals surface area contributed by atoms with Crippen LogP contribution in [0.2, 0.25) is 0 Å². The van der Waals surface area contributed by atoms with Gasteiger partial charge in [0.25, 0.3) is 11.5 Å². The number of benzene rings is 1. The molecule has 0 fully saturated rings. The average molecular weight is 391 g/mol. The molecule has 0 aliphatic carbocycles. The molecular formula is C21H18FN5O2. The van der Waals surface area contributed by atoms with Gasteiger partial charge in [-0.25, -0.2) is 9.07 Å². The van der Waals surface area contributed by atoms with Gasteiger partial charge in [0.05, 0.1) is 11.9 Å². The van der Waals surface area contributed by atoms with Crippen LogP contribution in [0.5, 0.6) is 0 Å². The molecular weight excluding hydrogens is 373 g/mol. The third-order valence-corrected chi connectivity index (χ3v) is 4.50. The summed E-state index contributed by atoms with van der Waals surface area (Å²) in [7, 11) is 0. The highest BCUT2D eigenvalue weighted by atomic mass is 19.1. The molecule has 0 spiro atoms. The largest absolute Gasteiger partial charge is 0.320 e. The number of aryl methyl sites for hydroxylation is 1. The topological polar surface area (TPSA) is 73.8 Å². The lowest BCUT2D eigenvalue weighted by Crippen LogP contribution is -2.20. The smallest absolute Gasteiger partial charge is 0.261 e. The summed E-state index contributed by atoms with van der Waals surface area (Å²) in [6, 6.07) is 12.8. The second-order valence-electron chi connectivity index (χ2n) is 6.33. The van der Waals surface area contributed by atoms with E-state index in [-0.39, 0.29) is 16.8 Å². The lowest BCUT2D eigenvalue weighted by atomic mass is 10.2. The van der Waals surface area contributed by atoms with Crippen molar-refractivity contribution in [2.45, 2.75) is 13.5 Å². The Morgan fingerprint density at radius 3 is 2.59 bits per heavy atom. The molecule has 7 nitrogen and oxygen atoms in total. The fourth-order valence-corrected chi connectivity index (χ4v) is 3.08. The van der Waals surface area contributed by atoms with E-state index in [9.17, 15) is 14.0 Å². The molecule has 0 aliphatic heterocycles. The Balaban J connectivity index is 1.77. The van der Waals surface area contributed by atoms with E-state index in [1.807, 2.05) is 6.92 Å². The van der Waals surface area contributed by atoms with Gasteiger partial charge < -0.3 is 14.5 Å². The zero-order valence-corrected chi connectivity index (χ0v) is 15.6. The molecule has 1 N–H and O–H groups in total. The van der Waals surface area contributed by atoms with Crippen molar-refractivity contribution in [3.63, 3.8) is 0 Å². The minimum absolute atomic E-state index is 0.147. The molecule has 29 heavy (non-hydrogen) atoms. The van der Waals surface area contributed by atoms with E-state index in [0.717, 1.165) is 0 Å². The first-order chi connectivity index (χ1) is 14.1. The Kier molecular flexibility index (Phi) is 4.82. The van der Waals surface area contributed by atoms with E-state index in [0.29, 0.717) is 18.1 Å². The summed E-state index contributed by atoms with van der Waals surface area (Å²) in [5.41, 5.74) is 0.827. The van der Waals surface area contributed by atoms with Crippen molar-refractivity contribution in [3.05, 3.63) is 95.1 Å². The lowest BCUT2D eigenvalue weighted by molar-refractivity contribution is 0.102. The first-order valence-corrected chi connectivity index (χ1v) is 9.06. The van der Waals surface area contributed by atoms with Gasteiger partial charge >= 0.3 is 0 Å². The molecule has 0 atom stereocenters. The monoisotopic (exact) mass is 391 g/mol. The quantitative estimate of drug-likeness (QED) is 0.568. The molecule has 0 aliphatic rings. The van der Waals surface area contributed by atoms with Gasteiger partial charge in [0.2, 0.25) is 0 Å². The molecule has 1 amide bonds. The molecule has 146 valence electrons. The number of rotatable bonds is 5. The summed E-state index contributed by atoms with van der Waals surface area (Å²) in [5, 5.41) is 7.04. The number of amides is 1. The van der Waals surface area contributed by atoms with Crippen LogP contribution in [0.3, 0.4) is 0 Å². The zero-order chi connectivity index (χ0) is 20.4. The Labute approximate surface area is 165 Å². The Morgan fingerprint density at radius 2 is 1.86 bits per heavy atom. The van der Waals surface area contributed by atoms with Crippen LogP contribution >= 0.6 is 0 Å². The van der Waals surface area contributed by atoms with E-state index < -0.39 is 11.7 Å². The van der Waals surface area contributed by atoms with E-state index in [4.69, 9.17) is 0 Å². The van der Waals surface area contributed by atoms with E-state index in [2.05, 4.69) is 10.4 Å². The Morgan fingerprint density at radius 1 is 1.10 bits per heavy atom. The van der Waals surface area contributed by atoms with Crippen LogP contribution in [-0.4, -0.2) is 24.8 Å². The first kappa shape index (κ1) is 18.4. The lowest BCUT2D eigenvalue weighted by Gasteiger charge is -2.12. The van der Waals surface area contributed by atoms with Crippen LogP contribution in [0, 0.1) is 5.82 Å². The molecule has 0 saturated carbocycles. The number of nitrogens with zero attached hydrogens (tertiary/aromatic N) is 4. The second-order valence-corrected chi connectivity index (χ2v) is 6.33. The van der Waals surface area contributed by atoms with Crippen molar-refractivity contribution in [3.8, 4) is 11.5 Å². The van der Waals surface area contributed by atoms with Crippen molar-refractivity contribution in [2.75, 3.05) is 5.32 Å². The maximum absolute atomic E-state index is 14.4. The maximum atomic E-state index is 14.4. The standard InChI is InChI=1S/C21H18FN5O2/c1-2-25-14-15(9-10-19(25)28)24-20(29)16-13-23-27(18-8-4-3-7-17(18)22)21(16)26-11-5-6-12-26/h3-14H,2H2,1H3,(H,24,29). The zero-order valence-electron chi connectivity index (χ0n) is 15.6. The van der Waals surface area contributed by atoms with Crippen LogP contribution in [0.4, 0.5) is 10.1 Å². The number of hydrogen-bond acceptors (Lipinski definition) is 3. The van der Waals surface area contributed by atoms with Gasteiger partial charge in [-0.2, -0.15) is 5.10 Å². The van der Waals surface area contributed by atoms with E-state index in [1.165, 1.54) is 27.6 Å². The number of carbonyl (C=O) groups excluding carboxylic acids is 1. The van der Waals surface area contributed by atoms with Crippen molar-refractivity contribution < 1.29 is 9.18 Å². The number of aromatic nitrogens is 4. The molecule has 0 unspecified atom stereocenters. The van der Waals surface area contributed by atoms with Crippen LogP contribution < -0.4 is 10.9 Å². The predicted molar refractivity (Wildman–Crippen MR) is 107 cm³/mol. The van der Waals surface area contributed by atoms with Crippen LogP contribution in [0.1, 0.15) is 17.3 Å². The Bertz CT molecular complexity index is 1220. The Hall–Kier alpha value is -3.94. The number of pyridine rings is 1. The highest BCUT2D eigenvalue weighted by molar-refractivity contribution is 6.06. The number of halogens is 1. The number of hydrogen-bond donors (Lipinski definition) is 1. The molecule has 4 rings (SSSR count). The fourth-order valence-electron chi connectivity index (χ4n) is 3.08. The average Bonchev–Trinajstić information content (AvgIpc) is 3.39. The summed E-state index contributed by atoms with van der Waals surface area (Å²) in [5.74, 6) is -0.468. The first-order valence-electron chi connectivity index (χ1n) is 9.06. The normalized spacial score (nSPS) is 10.8. The van der Waals surface area contributed by atoms with Gasteiger partial charge in [-0.15, -0.1) is 0 Å². The summed E-state index contributed by atoms with van der Waals surface area (Å²) >= 11 is 0. The third-order valence-electron chi connectivity index (χ3n) is 4.50. The van der Waals surface area contributed by atoms with Crippen LogP contribution in [0.25, 0.3) is 11.5 Å². The molecule has 0 radical (unpaired) electrons. The van der Waals surface area contributed by atoms with E-state index in [1.54, 1.807) is 59.6 Å². The van der Waals surface area contributed by atoms with Crippen LogP contribution in [0.15, 0.2) is 78.1 Å². The number of carbonyl (C=O) groups is 1. The molecule has 1 aromatic carbocycles. The minimum atomic E-state index is -0.453.